The molecule has 0 bridgehead atoms. The van der Waals surface area contributed by atoms with E-state index in [1.165, 1.54) is 0 Å². The van der Waals surface area contributed by atoms with Crippen molar-refractivity contribution in [3.63, 3.8) is 0 Å². The zero-order valence-corrected chi connectivity index (χ0v) is 21.9. The molecule has 0 aliphatic heterocycles. The molecule has 0 aliphatic carbocycles. The van der Waals surface area contributed by atoms with Gasteiger partial charge in [-0.2, -0.15) is 5.10 Å². The van der Waals surface area contributed by atoms with Gasteiger partial charge in [-0.3, -0.25) is 14.5 Å². The molecule has 0 fully saturated rings. The van der Waals surface area contributed by atoms with Crippen LogP contribution in [0.2, 0.25) is 0 Å². The molecule has 0 spiro atoms. The van der Waals surface area contributed by atoms with Crippen molar-refractivity contribution in [1.82, 2.24) is 30.0 Å². The minimum atomic E-state index is -0.0679. The predicted octanol–water partition coefficient (Wildman–Crippen LogP) is 4.31. The Labute approximate surface area is 212 Å². The Kier molecular flexibility index (Phi) is 7.64. The number of nitrogens with zero attached hydrogens (tertiary/aromatic N) is 5. The lowest BCUT2D eigenvalue weighted by atomic mass is 10.0. The summed E-state index contributed by atoms with van der Waals surface area (Å²) in [5.41, 5.74) is 6.88. The molecule has 8 nitrogen and oxygen atoms in total. The van der Waals surface area contributed by atoms with Crippen molar-refractivity contribution >= 4 is 16.8 Å². The van der Waals surface area contributed by atoms with Gasteiger partial charge in [-0.15, -0.1) is 0 Å². The fourth-order valence-corrected chi connectivity index (χ4v) is 4.24. The average molecular weight is 487 g/mol. The van der Waals surface area contributed by atoms with Crippen molar-refractivity contribution < 1.29 is 9.53 Å². The van der Waals surface area contributed by atoms with Crippen LogP contribution in [0, 0.1) is 20.8 Å². The Morgan fingerprint density at radius 2 is 1.92 bits per heavy atom. The summed E-state index contributed by atoms with van der Waals surface area (Å²) in [6.45, 7) is 10.7. The molecule has 4 aromatic rings. The summed E-state index contributed by atoms with van der Waals surface area (Å²) in [4.78, 5) is 24.9. The minimum Gasteiger partial charge on any atom is -0.490 e. The van der Waals surface area contributed by atoms with E-state index in [2.05, 4.69) is 22.3 Å². The quantitative estimate of drug-likeness (QED) is 0.355. The van der Waals surface area contributed by atoms with E-state index in [1.54, 1.807) is 11.1 Å². The van der Waals surface area contributed by atoms with Gasteiger partial charge in [-0.1, -0.05) is 11.6 Å². The van der Waals surface area contributed by atoms with E-state index < -0.39 is 0 Å². The predicted molar refractivity (Wildman–Crippen MR) is 142 cm³/mol. The van der Waals surface area contributed by atoms with E-state index in [4.69, 9.17) is 9.72 Å². The molecule has 4 rings (SSSR count). The van der Waals surface area contributed by atoms with Crippen LogP contribution in [0.25, 0.3) is 22.3 Å². The standard InChI is InChI=1S/C28H34N6O2/c1-7-34-20(4)21(15-31-34)17-33(6)28(35)23-14-26(32-24-9-8-18(2)12-22(23)24)25-13-19(3)27(16-30-25)36-11-10-29-5/h8-9,12-16,29H,7,10-11,17H2,1-6H3. The smallest absolute Gasteiger partial charge is 0.254 e. The molecule has 0 atom stereocenters. The molecule has 0 radical (unpaired) electrons. The van der Waals surface area contributed by atoms with Crippen LogP contribution < -0.4 is 10.1 Å². The molecule has 3 aromatic heterocycles. The highest BCUT2D eigenvalue weighted by molar-refractivity contribution is 6.07. The molecular formula is C28H34N6O2. The molecule has 188 valence electrons. The van der Waals surface area contributed by atoms with Gasteiger partial charge in [0, 0.05) is 43.3 Å². The number of aromatic nitrogens is 4. The van der Waals surface area contributed by atoms with Gasteiger partial charge < -0.3 is 15.0 Å². The summed E-state index contributed by atoms with van der Waals surface area (Å²) in [7, 11) is 3.71. The van der Waals surface area contributed by atoms with Crippen LogP contribution in [-0.4, -0.2) is 57.8 Å². The van der Waals surface area contributed by atoms with Gasteiger partial charge >= 0.3 is 0 Å². The molecule has 0 aliphatic rings. The zero-order valence-electron chi connectivity index (χ0n) is 21.9. The van der Waals surface area contributed by atoms with E-state index in [0.29, 0.717) is 30.1 Å². The highest BCUT2D eigenvalue weighted by Crippen LogP contribution is 2.28. The number of hydrogen-bond acceptors (Lipinski definition) is 6. The fourth-order valence-electron chi connectivity index (χ4n) is 4.24. The molecule has 36 heavy (non-hydrogen) atoms. The third kappa shape index (κ3) is 5.23. The highest BCUT2D eigenvalue weighted by atomic mass is 16.5. The molecule has 0 saturated heterocycles. The number of rotatable bonds is 9. The Hall–Kier alpha value is -3.78. The number of ether oxygens (including phenoxy) is 1. The third-order valence-corrected chi connectivity index (χ3v) is 6.39. The van der Waals surface area contributed by atoms with Gasteiger partial charge in [0.25, 0.3) is 5.91 Å². The van der Waals surface area contributed by atoms with Gasteiger partial charge in [0.05, 0.1) is 34.9 Å². The van der Waals surface area contributed by atoms with E-state index in [9.17, 15) is 4.79 Å². The molecular weight excluding hydrogens is 452 g/mol. The lowest BCUT2D eigenvalue weighted by molar-refractivity contribution is 0.0787. The molecule has 0 unspecified atom stereocenters. The third-order valence-electron chi connectivity index (χ3n) is 6.39. The summed E-state index contributed by atoms with van der Waals surface area (Å²) in [6.07, 6.45) is 3.57. The molecule has 0 saturated carbocycles. The molecule has 1 N–H and O–H groups in total. The van der Waals surface area contributed by atoms with Gasteiger partial charge in [0.15, 0.2) is 0 Å². The Morgan fingerprint density at radius 3 is 2.61 bits per heavy atom. The van der Waals surface area contributed by atoms with Crippen molar-refractivity contribution in [1.29, 1.82) is 0 Å². The second-order valence-corrected chi connectivity index (χ2v) is 9.09. The average Bonchev–Trinajstić information content (AvgIpc) is 3.22. The summed E-state index contributed by atoms with van der Waals surface area (Å²) < 4.78 is 7.75. The van der Waals surface area contributed by atoms with Crippen LogP contribution in [0.1, 0.15) is 39.7 Å². The molecule has 3 heterocycles. The number of carbonyl (C=O) groups excluding carboxylic acids is 1. The maximum absolute atomic E-state index is 13.7. The van der Waals surface area contributed by atoms with E-state index in [0.717, 1.165) is 52.1 Å². The fraction of sp³-hybridized carbons (Fsp3) is 0.357. The monoisotopic (exact) mass is 486 g/mol. The number of hydrogen-bond donors (Lipinski definition) is 1. The lowest BCUT2D eigenvalue weighted by Crippen LogP contribution is -2.27. The van der Waals surface area contributed by atoms with E-state index in [-0.39, 0.29) is 5.91 Å². The number of amides is 1. The van der Waals surface area contributed by atoms with Crippen molar-refractivity contribution in [2.24, 2.45) is 0 Å². The van der Waals surface area contributed by atoms with Crippen LogP contribution in [0.3, 0.4) is 0 Å². The minimum absolute atomic E-state index is 0.0679. The van der Waals surface area contributed by atoms with Crippen molar-refractivity contribution in [2.45, 2.75) is 40.8 Å². The van der Waals surface area contributed by atoms with Crippen LogP contribution >= 0.6 is 0 Å². The summed E-state index contributed by atoms with van der Waals surface area (Å²) in [6, 6.07) is 9.80. The van der Waals surface area contributed by atoms with Crippen molar-refractivity contribution in [2.75, 3.05) is 27.2 Å². The number of pyridine rings is 2. The second kappa shape index (κ2) is 10.9. The van der Waals surface area contributed by atoms with E-state index in [1.807, 2.05) is 76.1 Å². The lowest BCUT2D eigenvalue weighted by Gasteiger charge is -2.19. The summed E-state index contributed by atoms with van der Waals surface area (Å²) in [5.74, 6) is 0.672. The van der Waals surface area contributed by atoms with Gasteiger partial charge in [0.2, 0.25) is 0 Å². The van der Waals surface area contributed by atoms with Crippen molar-refractivity contribution in [3.05, 3.63) is 70.7 Å². The Balaban J connectivity index is 1.71. The molecule has 8 heteroatoms. The van der Waals surface area contributed by atoms with Crippen LogP contribution in [0.5, 0.6) is 5.75 Å². The first kappa shape index (κ1) is 25.3. The maximum atomic E-state index is 13.7. The van der Waals surface area contributed by atoms with Crippen LogP contribution in [-0.2, 0) is 13.1 Å². The number of benzene rings is 1. The Bertz CT molecular complexity index is 1390. The van der Waals surface area contributed by atoms with Crippen LogP contribution in [0.15, 0.2) is 42.7 Å². The molecule has 1 amide bonds. The van der Waals surface area contributed by atoms with Crippen molar-refractivity contribution in [3.8, 4) is 17.1 Å². The maximum Gasteiger partial charge on any atom is 0.254 e. The first-order chi connectivity index (χ1) is 17.3. The number of aryl methyl sites for hydroxylation is 3. The number of nitrogens with one attached hydrogen (secondary N) is 1. The zero-order chi connectivity index (χ0) is 25.8. The van der Waals surface area contributed by atoms with Gasteiger partial charge in [-0.25, -0.2) is 4.98 Å². The number of fused-ring (bicyclic) bond motifs is 1. The second-order valence-electron chi connectivity index (χ2n) is 9.09. The topological polar surface area (TPSA) is 85.2 Å². The largest absolute Gasteiger partial charge is 0.490 e. The molecule has 1 aromatic carbocycles. The summed E-state index contributed by atoms with van der Waals surface area (Å²) in [5, 5.41) is 8.32. The SMILES string of the molecule is CCn1ncc(CN(C)C(=O)c2cc(-c3cc(C)c(OCCNC)cn3)nc3ccc(C)cc23)c1C. The summed E-state index contributed by atoms with van der Waals surface area (Å²) >= 11 is 0. The number of likely N-dealkylation sites (N-methyl/N-ethyl adjacent to an activating group) is 1. The van der Waals surface area contributed by atoms with E-state index >= 15 is 0 Å². The van der Waals surface area contributed by atoms with Crippen LogP contribution in [0.4, 0.5) is 0 Å². The Morgan fingerprint density at radius 1 is 1.11 bits per heavy atom. The first-order valence-corrected chi connectivity index (χ1v) is 12.2. The number of carbonyl (C=O) groups is 1. The first-order valence-electron chi connectivity index (χ1n) is 12.2. The van der Waals surface area contributed by atoms with Gasteiger partial charge in [-0.05, 0) is 64.6 Å². The normalized spacial score (nSPS) is 11.2. The highest BCUT2D eigenvalue weighted by Gasteiger charge is 2.20. The van der Waals surface area contributed by atoms with Gasteiger partial charge in [0.1, 0.15) is 12.4 Å².